The highest BCUT2D eigenvalue weighted by Gasteiger charge is 2.23. The fourth-order valence-corrected chi connectivity index (χ4v) is 4.70. The first-order chi connectivity index (χ1) is 14.4. The van der Waals surface area contributed by atoms with E-state index >= 15 is 0 Å². The minimum atomic E-state index is -4.12. The highest BCUT2D eigenvalue weighted by atomic mass is 32.2. The van der Waals surface area contributed by atoms with Crippen LogP contribution in [0.5, 0.6) is 0 Å². The third-order valence-corrected chi connectivity index (χ3v) is 6.98. The van der Waals surface area contributed by atoms with Crippen LogP contribution in [0.25, 0.3) is 0 Å². The van der Waals surface area contributed by atoms with Crippen LogP contribution in [0.15, 0.2) is 65.7 Å². The molecule has 2 aromatic carbocycles. The quantitative estimate of drug-likeness (QED) is 0.282. The zero-order valence-electron chi connectivity index (χ0n) is 16.4. The van der Waals surface area contributed by atoms with Gasteiger partial charge in [0, 0.05) is 18.7 Å². The molecule has 6 nitrogen and oxygen atoms in total. The summed E-state index contributed by atoms with van der Waals surface area (Å²) in [6.07, 6.45) is 2.43. The lowest BCUT2D eigenvalue weighted by Crippen LogP contribution is -2.24. The van der Waals surface area contributed by atoms with E-state index in [0.717, 1.165) is 5.56 Å². The molecule has 0 aliphatic heterocycles. The van der Waals surface area contributed by atoms with Gasteiger partial charge in [0.15, 0.2) is 5.13 Å². The molecule has 0 bridgehead atoms. The molecule has 1 aromatic heterocycles. The van der Waals surface area contributed by atoms with Gasteiger partial charge in [-0.15, -0.1) is 4.48 Å². The Labute approximate surface area is 179 Å². The van der Waals surface area contributed by atoms with Gasteiger partial charge in [0.2, 0.25) is 5.78 Å². The summed E-state index contributed by atoms with van der Waals surface area (Å²) in [7, 11) is -4.12. The molecule has 3 aromatic rings. The van der Waals surface area contributed by atoms with Gasteiger partial charge in [-0.05, 0) is 42.0 Å². The summed E-state index contributed by atoms with van der Waals surface area (Å²) in [5.74, 6) is -0.0714. The van der Waals surface area contributed by atoms with Crippen LogP contribution in [0, 0.1) is 6.92 Å². The van der Waals surface area contributed by atoms with Crippen molar-refractivity contribution >= 4 is 32.3 Å². The second kappa shape index (κ2) is 9.92. The van der Waals surface area contributed by atoms with Crippen LogP contribution in [-0.4, -0.2) is 36.8 Å². The smallest absolute Gasteiger partial charge is 0.269 e. The van der Waals surface area contributed by atoms with Crippen molar-refractivity contribution in [1.82, 2.24) is 9.51 Å². The number of unbranched alkanes of at least 4 members (excludes halogenated alkanes) is 1. The van der Waals surface area contributed by atoms with Gasteiger partial charge < -0.3 is 5.32 Å². The summed E-state index contributed by atoms with van der Waals surface area (Å²) in [4.78, 5) is 17.3. The number of hydrogen-bond acceptors (Lipinski definition) is 6. The molecule has 0 saturated heterocycles. The van der Waals surface area contributed by atoms with E-state index in [1.165, 1.54) is 29.7 Å². The van der Waals surface area contributed by atoms with E-state index in [2.05, 4.69) is 10.3 Å². The summed E-state index contributed by atoms with van der Waals surface area (Å²) >= 11 is 1.26. The lowest BCUT2D eigenvalue weighted by molar-refractivity contribution is 0.104. The van der Waals surface area contributed by atoms with Crippen LogP contribution >= 0.6 is 11.3 Å². The van der Waals surface area contributed by atoms with Gasteiger partial charge in [0.25, 0.3) is 10.0 Å². The molecule has 0 amide bonds. The SMILES string of the molecule is Cc1ccccc1C(=O)c1cnc(NCCCCN(F)S(=O)(=O)c2ccccc2)s1. The van der Waals surface area contributed by atoms with Crippen molar-refractivity contribution < 1.29 is 17.7 Å². The highest BCUT2D eigenvalue weighted by molar-refractivity contribution is 7.89. The summed E-state index contributed by atoms with van der Waals surface area (Å²) in [5, 5.41) is 3.69. The zero-order chi connectivity index (χ0) is 21.6. The van der Waals surface area contributed by atoms with Crippen LogP contribution in [0.4, 0.5) is 9.61 Å². The molecule has 0 aliphatic rings. The average Bonchev–Trinajstić information content (AvgIpc) is 3.23. The molecule has 0 fully saturated rings. The van der Waals surface area contributed by atoms with Crippen molar-refractivity contribution in [1.29, 1.82) is 0 Å². The Kier molecular flexibility index (Phi) is 7.30. The number of halogens is 1. The molecular weight excluding hydrogens is 425 g/mol. The van der Waals surface area contributed by atoms with Crippen molar-refractivity contribution in [2.75, 3.05) is 18.4 Å². The Morgan fingerprint density at radius 3 is 2.53 bits per heavy atom. The number of carbonyl (C=O) groups excluding carboxylic acids is 1. The van der Waals surface area contributed by atoms with Gasteiger partial charge in [0.1, 0.15) is 0 Å². The Hall–Kier alpha value is -2.62. The van der Waals surface area contributed by atoms with E-state index in [1.54, 1.807) is 24.3 Å². The molecule has 158 valence electrons. The number of carbonyl (C=O) groups is 1. The predicted molar refractivity (Wildman–Crippen MR) is 116 cm³/mol. The Bertz CT molecular complexity index is 1100. The van der Waals surface area contributed by atoms with Gasteiger partial charge in [-0.1, -0.05) is 53.8 Å². The molecule has 0 atom stereocenters. The first kappa shape index (κ1) is 22.1. The second-order valence-corrected chi connectivity index (χ2v) is 9.49. The van der Waals surface area contributed by atoms with Crippen molar-refractivity contribution in [2.24, 2.45) is 0 Å². The number of benzene rings is 2. The lowest BCUT2D eigenvalue weighted by atomic mass is 10.0. The van der Waals surface area contributed by atoms with Crippen molar-refractivity contribution in [2.45, 2.75) is 24.7 Å². The van der Waals surface area contributed by atoms with Crippen molar-refractivity contribution in [3.05, 3.63) is 76.8 Å². The highest BCUT2D eigenvalue weighted by Crippen LogP contribution is 2.23. The summed E-state index contributed by atoms with van der Waals surface area (Å²) in [6, 6.07) is 14.9. The molecule has 1 heterocycles. The van der Waals surface area contributed by atoms with E-state index in [9.17, 15) is 17.7 Å². The molecule has 0 radical (unpaired) electrons. The number of sulfonamides is 1. The van der Waals surface area contributed by atoms with E-state index in [4.69, 9.17) is 0 Å². The second-order valence-electron chi connectivity index (χ2n) is 6.64. The molecule has 30 heavy (non-hydrogen) atoms. The normalized spacial score (nSPS) is 11.6. The number of nitrogens with zero attached hydrogens (tertiary/aromatic N) is 2. The zero-order valence-corrected chi connectivity index (χ0v) is 18.0. The Morgan fingerprint density at radius 1 is 1.10 bits per heavy atom. The van der Waals surface area contributed by atoms with E-state index in [1.807, 2.05) is 25.1 Å². The average molecular weight is 448 g/mol. The van der Waals surface area contributed by atoms with E-state index in [0.29, 0.717) is 35.0 Å². The fraction of sp³-hybridized carbons (Fsp3) is 0.238. The largest absolute Gasteiger partial charge is 0.362 e. The molecule has 0 spiro atoms. The van der Waals surface area contributed by atoms with Crippen molar-refractivity contribution in [3.63, 3.8) is 0 Å². The summed E-state index contributed by atoms with van der Waals surface area (Å²) < 4.78 is 38.2. The molecular formula is C21H22FN3O3S2. The molecule has 3 rings (SSSR count). The van der Waals surface area contributed by atoms with Gasteiger partial charge in [-0.2, -0.15) is 0 Å². The molecule has 9 heteroatoms. The topological polar surface area (TPSA) is 79.4 Å². The monoisotopic (exact) mass is 447 g/mol. The maximum atomic E-state index is 14.1. The molecule has 1 N–H and O–H groups in total. The maximum Gasteiger partial charge on any atom is 0.269 e. The number of thiazole rings is 1. The number of ketones is 1. The maximum absolute atomic E-state index is 14.1. The number of nitrogens with one attached hydrogen (secondary N) is 1. The van der Waals surface area contributed by atoms with Crippen LogP contribution in [-0.2, 0) is 10.0 Å². The Morgan fingerprint density at radius 2 is 1.80 bits per heavy atom. The van der Waals surface area contributed by atoms with Gasteiger partial charge in [-0.25, -0.2) is 13.4 Å². The third kappa shape index (κ3) is 5.29. The molecule has 0 aliphatic carbocycles. The first-order valence-electron chi connectivity index (χ1n) is 9.43. The molecule has 0 saturated carbocycles. The number of aryl methyl sites for hydroxylation is 1. The van der Waals surface area contributed by atoms with Crippen LogP contribution < -0.4 is 5.32 Å². The number of hydrogen-bond donors (Lipinski definition) is 1. The lowest BCUT2D eigenvalue weighted by Gasteiger charge is -2.12. The minimum Gasteiger partial charge on any atom is -0.362 e. The van der Waals surface area contributed by atoms with E-state index < -0.39 is 10.0 Å². The summed E-state index contributed by atoms with van der Waals surface area (Å²) in [6.45, 7) is 2.15. The third-order valence-electron chi connectivity index (χ3n) is 4.46. The first-order valence-corrected chi connectivity index (χ1v) is 11.7. The predicted octanol–water partition coefficient (Wildman–Crippen LogP) is 4.45. The number of aromatic nitrogens is 1. The van der Waals surface area contributed by atoms with Crippen molar-refractivity contribution in [3.8, 4) is 0 Å². The number of anilines is 1. The fourth-order valence-electron chi connectivity index (χ4n) is 2.80. The van der Waals surface area contributed by atoms with Gasteiger partial charge >= 0.3 is 0 Å². The molecule has 0 unspecified atom stereocenters. The summed E-state index contributed by atoms with van der Waals surface area (Å²) in [5.41, 5.74) is 1.56. The van der Waals surface area contributed by atoms with Crippen LogP contribution in [0.2, 0.25) is 0 Å². The Balaban J connectivity index is 1.45. The van der Waals surface area contributed by atoms with Gasteiger partial charge in [-0.3, -0.25) is 4.79 Å². The van der Waals surface area contributed by atoms with E-state index in [-0.39, 0.29) is 21.8 Å². The van der Waals surface area contributed by atoms with Gasteiger partial charge in [0.05, 0.1) is 16.0 Å². The van der Waals surface area contributed by atoms with Crippen LogP contribution in [0.1, 0.15) is 33.6 Å². The standard InChI is InChI=1S/C21H22FN3O3S2/c1-16-9-5-6-12-18(16)20(26)19-15-24-21(29-19)23-13-7-8-14-25(22)30(27,28)17-10-3-2-4-11-17/h2-6,9-12,15H,7-8,13-14H2,1H3,(H,23,24). The minimum absolute atomic E-state index is 0.0701. The van der Waals surface area contributed by atoms with Crippen LogP contribution in [0.3, 0.4) is 0 Å². The number of rotatable bonds is 10.